The zero-order chi connectivity index (χ0) is 22.9. The van der Waals surface area contributed by atoms with E-state index in [1.807, 2.05) is 36.4 Å². The molecule has 3 aromatic carbocycles. The molecule has 5 nitrogen and oxygen atoms in total. The van der Waals surface area contributed by atoms with E-state index >= 15 is 0 Å². The van der Waals surface area contributed by atoms with Gasteiger partial charge in [-0.2, -0.15) is 0 Å². The highest BCUT2D eigenvalue weighted by atomic mass is 16.5. The van der Waals surface area contributed by atoms with Crippen molar-refractivity contribution in [3.63, 3.8) is 0 Å². The number of rotatable bonds is 11. The summed E-state index contributed by atoms with van der Waals surface area (Å²) in [5, 5.41) is 0. The summed E-state index contributed by atoms with van der Waals surface area (Å²) in [6, 6.07) is 18.4. The zero-order valence-electron chi connectivity index (χ0n) is 19.6. The second-order valence-corrected chi connectivity index (χ2v) is 7.54. The standard InChI is InChI=1S/C27H32O5/c1-28-23-12-8-19(9-13-23)6-10-21-16-22(27(32-5)18-26(21)31-4)11-7-20-14-24(29-2)17-25(15-20)30-3/h8-9,12-18H,6-7,10-11H2,1-5H3. The summed E-state index contributed by atoms with van der Waals surface area (Å²) in [5.41, 5.74) is 4.73. The van der Waals surface area contributed by atoms with Crippen LogP contribution in [0.2, 0.25) is 0 Å². The van der Waals surface area contributed by atoms with Crippen LogP contribution >= 0.6 is 0 Å². The quantitative estimate of drug-likeness (QED) is 0.408. The van der Waals surface area contributed by atoms with Gasteiger partial charge in [0.1, 0.15) is 28.7 Å². The monoisotopic (exact) mass is 436 g/mol. The third-order valence-corrected chi connectivity index (χ3v) is 5.62. The van der Waals surface area contributed by atoms with Crippen molar-refractivity contribution in [3.05, 3.63) is 76.9 Å². The third kappa shape index (κ3) is 5.88. The maximum atomic E-state index is 5.67. The highest BCUT2D eigenvalue weighted by Crippen LogP contribution is 2.32. The summed E-state index contributed by atoms with van der Waals surface area (Å²) in [6.45, 7) is 0. The lowest BCUT2D eigenvalue weighted by atomic mass is 9.97. The van der Waals surface area contributed by atoms with Crippen LogP contribution in [0.5, 0.6) is 28.7 Å². The lowest BCUT2D eigenvalue weighted by Gasteiger charge is -2.16. The molecule has 32 heavy (non-hydrogen) atoms. The topological polar surface area (TPSA) is 46.2 Å². The molecule has 0 spiro atoms. The Morgan fingerprint density at radius 3 is 1.41 bits per heavy atom. The molecule has 3 rings (SSSR count). The first-order valence-electron chi connectivity index (χ1n) is 10.7. The Bertz CT molecular complexity index is 989. The van der Waals surface area contributed by atoms with Gasteiger partial charge in [-0.15, -0.1) is 0 Å². The van der Waals surface area contributed by atoms with Crippen molar-refractivity contribution in [2.24, 2.45) is 0 Å². The van der Waals surface area contributed by atoms with Gasteiger partial charge < -0.3 is 23.7 Å². The SMILES string of the molecule is COc1ccc(CCc2cc(CCc3cc(OC)cc(OC)c3)c(OC)cc2OC)cc1. The molecule has 0 saturated heterocycles. The highest BCUT2D eigenvalue weighted by Gasteiger charge is 2.13. The van der Waals surface area contributed by atoms with Crippen molar-refractivity contribution in [1.82, 2.24) is 0 Å². The molecular weight excluding hydrogens is 404 g/mol. The average molecular weight is 437 g/mol. The molecule has 0 N–H and O–H groups in total. The minimum atomic E-state index is 0.793. The first-order chi connectivity index (χ1) is 15.6. The molecule has 0 amide bonds. The molecule has 0 aliphatic rings. The summed E-state index contributed by atoms with van der Waals surface area (Å²) in [7, 11) is 8.42. The lowest BCUT2D eigenvalue weighted by Crippen LogP contribution is -2.02. The van der Waals surface area contributed by atoms with Gasteiger partial charge in [-0.25, -0.2) is 0 Å². The minimum Gasteiger partial charge on any atom is -0.497 e. The fraction of sp³-hybridized carbons (Fsp3) is 0.333. The Morgan fingerprint density at radius 2 is 0.938 bits per heavy atom. The van der Waals surface area contributed by atoms with E-state index in [1.54, 1.807) is 35.5 Å². The number of aryl methyl sites for hydroxylation is 4. The van der Waals surface area contributed by atoms with Crippen molar-refractivity contribution < 1.29 is 23.7 Å². The lowest BCUT2D eigenvalue weighted by molar-refractivity contribution is 0.387. The summed E-state index contributed by atoms with van der Waals surface area (Å²) in [6.07, 6.45) is 3.46. The van der Waals surface area contributed by atoms with Crippen LogP contribution in [0.15, 0.2) is 54.6 Å². The van der Waals surface area contributed by atoms with Gasteiger partial charge in [0.25, 0.3) is 0 Å². The van der Waals surface area contributed by atoms with Crippen molar-refractivity contribution in [2.75, 3.05) is 35.5 Å². The van der Waals surface area contributed by atoms with Gasteiger partial charge in [-0.1, -0.05) is 12.1 Å². The highest BCUT2D eigenvalue weighted by molar-refractivity contribution is 5.48. The van der Waals surface area contributed by atoms with Crippen LogP contribution in [0.4, 0.5) is 0 Å². The largest absolute Gasteiger partial charge is 0.497 e. The van der Waals surface area contributed by atoms with E-state index in [1.165, 1.54) is 11.1 Å². The van der Waals surface area contributed by atoms with Gasteiger partial charge in [0.2, 0.25) is 0 Å². The summed E-state index contributed by atoms with van der Waals surface area (Å²) in [5.74, 6) is 4.14. The Balaban J connectivity index is 1.79. The Labute approximate surface area is 190 Å². The number of hydrogen-bond acceptors (Lipinski definition) is 5. The molecule has 0 unspecified atom stereocenters. The Kier molecular flexibility index (Phi) is 8.26. The van der Waals surface area contributed by atoms with E-state index in [4.69, 9.17) is 23.7 Å². The molecule has 0 heterocycles. The zero-order valence-corrected chi connectivity index (χ0v) is 19.6. The van der Waals surface area contributed by atoms with Crippen LogP contribution in [0.3, 0.4) is 0 Å². The van der Waals surface area contributed by atoms with Crippen molar-refractivity contribution >= 4 is 0 Å². The molecule has 0 aliphatic carbocycles. The van der Waals surface area contributed by atoms with Crippen molar-refractivity contribution in [3.8, 4) is 28.7 Å². The normalized spacial score (nSPS) is 10.5. The van der Waals surface area contributed by atoms with Crippen LogP contribution < -0.4 is 23.7 Å². The van der Waals surface area contributed by atoms with Crippen LogP contribution in [0.1, 0.15) is 22.3 Å². The number of ether oxygens (including phenoxy) is 5. The molecule has 170 valence electrons. The second-order valence-electron chi connectivity index (χ2n) is 7.54. The fourth-order valence-electron chi connectivity index (χ4n) is 3.79. The van der Waals surface area contributed by atoms with Gasteiger partial charge in [-0.05, 0) is 78.3 Å². The molecule has 0 bridgehead atoms. The summed E-state index contributed by atoms with van der Waals surface area (Å²) < 4.78 is 27.4. The number of hydrogen-bond donors (Lipinski definition) is 0. The second kappa shape index (κ2) is 11.3. The van der Waals surface area contributed by atoms with Gasteiger partial charge in [0.05, 0.1) is 35.5 Å². The molecule has 3 aromatic rings. The molecule has 5 heteroatoms. The summed E-state index contributed by atoms with van der Waals surface area (Å²) in [4.78, 5) is 0. The van der Waals surface area contributed by atoms with Crippen LogP contribution in [0, 0.1) is 0 Å². The van der Waals surface area contributed by atoms with Crippen molar-refractivity contribution in [1.29, 1.82) is 0 Å². The molecular formula is C27H32O5. The van der Waals surface area contributed by atoms with Gasteiger partial charge in [0, 0.05) is 12.1 Å². The van der Waals surface area contributed by atoms with E-state index in [2.05, 4.69) is 18.2 Å². The van der Waals surface area contributed by atoms with Crippen LogP contribution in [-0.4, -0.2) is 35.5 Å². The smallest absolute Gasteiger partial charge is 0.125 e. The average Bonchev–Trinajstić information content (AvgIpc) is 2.85. The van der Waals surface area contributed by atoms with E-state index in [0.717, 1.165) is 65.6 Å². The van der Waals surface area contributed by atoms with Gasteiger partial charge in [-0.3, -0.25) is 0 Å². The van der Waals surface area contributed by atoms with E-state index in [-0.39, 0.29) is 0 Å². The van der Waals surface area contributed by atoms with Gasteiger partial charge in [0.15, 0.2) is 0 Å². The van der Waals surface area contributed by atoms with Crippen molar-refractivity contribution in [2.45, 2.75) is 25.7 Å². The molecule has 0 aromatic heterocycles. The minimum absolute atomic E-state index is 0.793. The van der Waals surface area contributed by atoms with E-state index in [0.29, 0.717) is 0 Å². The third-order valence-electron chi connectivity index (χ3n) is 5.62. The van der Waals surface area contributed by atoms with Crippen LogP contribution in [-0.2, 0) is 25.7 Å². The molecule has 0 saturated carbocycles. The molecule has 0 atom stereocenters. The van der Waals surface area contributed by atoms with Gasteiger partial charge >= 0.3 is 0 Å². The summed E-state index contributed by atoms with van der Waals surface area (Å²) >= 11 is 0. The molecule has 0 fully saturated rings. The fourth-order valence-corrected chi connectivity index (χ4v) is 3.79. The first-order valence-corrected chi connectivity index (χ1v) is 10.7. The Hall–Kier alpha value is -3.34. The van der Waals surface area contributed by atoms with Crippen LogP contribution in [0.25, 0.3) is 0 Å². The van der Waals surface area contributed by atoms with E-state index in [9.17, 15) is 0 Å². The predicted octanol–water partition coefficient (Wildman–Crippen LogP) is 5.30. The first kappa shape index (κ1) is 23.3. The number of methoxy groups -OCH3 is 5. The maximum absolute atomic E-state index is 5.67. The maximum Gasteiger partial charge on any atom is 0.125 e. The van der Waals surface area contributed by atoms with E-state index < -0.39 is 0 Å². The predicted molar refractivity (Wildman–Crippen MR) is 127 cm³/mol. The molecule has 0 aliphatic heterocycles. The number of benzene rings is 3. The molecule has 0 radical (unpaired) electrons. The Morgan fingerprint density at radius 1 is 0.438 bits per heavy atom.